The van der Waals surface area contributed by atoms with Gasteiger partial charge in [0, 0.05) is 12.1 Å². The summed E-state index contributed by atoms with van der Waals surface area (Å²) in [4.78, 5) is 11.6. The van der Waals surface area contributed by atoms with Gasteiger partial charge in [0.2, 0.25) is 0 Å². The molecule has 0 radical (unpaired) electrons. The quantitative estimate of drug-likeness (QED) is 0.496. The van der Waals surface area contributed by atoms with Crippen LogP contribution in [0.2, 0.25) is 10.0 Å². The van der Waals surface area contributed by atoms with Gasteiger partial charge in [0.1, 0.15) is 0 Å². The van der Waals surface area contributed by atoms with Gasteiger partial charge in [-0.25, -0.2) is 0 Å². The fourth-order valence-electron chi connectivity index (χ4n) is 1.13. The molecule has 3 N–H and O–H groups in total. The van der Waals surface area contributed by atoms with Gasteiger partial charge in [0.05, 0.1) is 15.7 Å². The lowest BCUT2D eigenvalue weighted by Crippen LogP contribution is -2.24. The molecule has 0 saturated heterocycles. The normalized spacial score (nSPS) is 9.88. The van der Waals surface area contributed by atoms with Crippen LogP contribution in [0.3, 0.4) is 0 Å². The van der Waals surface area contributed by atoms with Crippen molar-refractivity contribution in [3.8, 4) is 0 Å². The Kier molecular flexibility index (Phi) is 4.65. The molecule has 1 aromatic carbocycles. The van der Waals surface area contributed by atoms with Gasteiger partial charge >= 0.3 is 0 Å². The van der Waals surface area contributed by atoms with Crippen LogP contribution in [0.1, 0.15) is 16.8 Å². The Morgan fingerprint density at radius 3 is 2.75 bits per heavy atom. The number of carbonyl (C=O) groups excluding carboxylic acids is 1. The molecule has 0 unspecified atom stereocenters. The minimum atomic E-state index is -0.230. The fraction of sp³-hybridized carbons (Fsp3) is 0.182. The van der Waals surface area contributed by atoms with Crippen LogP contribution >= 0.6 is 23.2 Å². The zero-order chi connectivity index (χ0) is 12.1. The predicted octanol–water partition coefficient (Wildman–Crippen LogP) is 2.88. The third kappa shape index (κ3) is 3.15. The van der Waals surface area contributed by atoms with Crippen molar-refractivity contribution in [1.82, 2.24) is 5.32 Å². The van der Waals surface area contributed by atoms with Crippen molar-refractivity contribution in [2.24, 2.45) is 0 Å². The fourth-order valence-corrected chi connectivity index (χ4v) is 1.47. The van der Waals surface area contributed by atoms with Crippen molar-refractivity contribution in [1.29, 1.82) is 0 Å². The number of nitrogen functional groups attached to an aromatic ring is 1. The molecule has 1 rings (SSSR count). The minimum absolute atomic E-state index is 0.230. The van der Waals surface area contributed by atoms with E-state index in [1.165, 1.54) is 12.1 Å². The van der Waals surface area contributed by atoms with Crippen molar-refractivity contribution in [2.75, 3.05) is 12.3 Å². The summed E-state index contributed by atoms with van der Waals surface area (Å²) in [7, 11) is 0. The van der Waals surface area contributed by atoms with Crippen LogP contribution in [0, 0.1) is 0 Å². The van der Waals surface area contributed by atoms with E-state index < -0.39 is 0 Å². The Hall–Kier alpha value is -1.19. The molecular formula is C11H12Cl2N2O. The topological polar surface area (TPSA) is 55.1 Å². The number of hydrogen-bond donors (Lipinski definition) is 2. The van der Waals surface area contributed by atoms with Crippen molar-refractivity contribution < 1.29 is 4.79 Å². The second-order valence-corrected chi connectivity index (χ2v) is 3.98. The third-order valence-corrected chi connectivity index (χ3v) is 2.77. The van der Waals surface area contributed by atoms with Crippen LogP contribution in [-0.2, 0) is 0 Å². The molecule has 16 heavy (non-hydrogen) atoms. The smallest absolute Gasteiger partial charge is 0.251 e. The Balaban J connectivity index is 2.80. The van der Waals surface area contributed by atoms with Crippen LogP contribution in [0.5, 0.6) is 0 Å². The zero-order valence-corrected chi connectivity index (χ0v) is 10.1. The van der Waals surface area contributed by atoms with Gasteiger partial charge in [-0.3, -0.25) is 4.79 Å². The van der Waals surface area contributed by atoms with Gasteiger partial charge < -0.3 is 11.1 Å². The standard InChI is InChI=1S/C11H12Cl2N2O/c1-2-3-4-15-11(16)7-5-8(12)10(13)9(14)6-7/h2,5-6H,1,3-4,14H2,(H,15,16). The Labute approximate surface area is 104 Å². The SMILES string of the molecule is C=CCCNC(=O)c1cc(N)c(Cl)c(Cl)c1. The first-order valence-electron chi connectivity index (χ1n) is 4.70. The van der Waals surface area contributed by atoms with E-state index in [1.807, 2.05) is 0 Å². The first kappa shape index (κ1) is 12.9. The summed E-state index contributed by atoms with van der Waals surface area (Å²) < 4.78 is 0. The minimum Gasteiger partial charge on any atom is -0.397 e. The summed E-state index contributed by atoms with van der Waals surface area (Å²) in [6.45, 7) is 4.09. The summed E-state index contributed by atoms with van der Waals surface area (Å²) in [6.07, 6.45) is 2.44. The molecular weight excluding hydrogens is 247 g/mol. The molecule has 0 aliphatic rings. The Morgan fingerprint density at radius 2 is 2.19 bits per heavy atom. The number of halogens is 2. The molecule has 0 aliphatic carbocycles. The van der Waals surface area contributed by atoms with Gasteiger partial charge in [0.15, 0.2) is 0 Å². The van der Waals surface area contributed by atoms with E-state index in [9.17, 15) is 4.79 Å². The maximum atomic E-state index is 11.6. The van der Waals surface area contributed by atoms with E-state index >= 15 is 0 Å². The van der Waals surface area contributed by atoms with Crippen LogP contribution < -0.4 is 11.1 Å². The molecule has 0 heterocycles. The van der Waals surface area contributed by atoms with Crippen molar-refractivity contribution in [3.63, 3.8) is 0 Å². The highest BCUT2D eigenvalue weighted by Gasteiger charge is 2.10. The van der Waals surface area contributed by atoms with Crippen molar-refractivity contribution in [3.05, 3.63) is 40.4 Å². The van der Waals surface area contributed by atoms with Crippen LogP contribution in [0.4, 0.5) is 5.69 Å². The molecule has 1 aromatic rings. The highest BCUT2D eigenvalue weighted by molar-refractivity contribution is 6.43. The van der Waals surface area contributed by atoms with E-state index in [0.717, 1.165) is 0 Å². The highest BCUT2D eigenvalue weighted by atomic mass is 35.5. The molecule has 3 nitrogen and oxygen atoms in total. The number of hydrogen-bond acceptors (Lipinski definition) is 2. The highest BCUT2D eigenvalue weighted by Crippen LogP contribution is 2.29. The molecule has 0 spiro atoms. The third-order valence-electron chi connectivity index (χ3n) is 1.95. The van der Waals surface area contributed by atoms with Crippen LogP contribution in [0.25, 0.3) is 0 Å². The molecule has 0 fully saturated rings. The maximum Gasteiger partial charge on any atom is 0.251 e. The lowest BCUT2D eigenvalue weighted by molar-refractivity contribution is 0.0954. The Bertz CT molecular complexity index is 395. The number of nitrogens with one attached hydrogen (secondary N) is 1. The van der Waals surface area contributed by atoms with Gasteiger partial charge in [-0.1, -0.05) is 29.3 Å². The molecule has 0 atom stereocenters. The lowest BCUT2D eigenvalue weighted by Gasteiger charge is -2.06. The number of rotatable bonds is 4. The largest absolute Gasteiger partial charge is 0.397 e. The summed E-state index contributed by atoms with van der Waals surface area (Å²) >= 11 is 11.6. The van der Waals surface area contributed by atoms with E-state index in [4.69, 9.17) is 28.9 Å². The van der Waals surface area contributed by atoms with E-state index in [2.05, 4.69) is 11.9 Å². The first-order chi connectivity index (χ1) is 7.56. The number of carbonyl (C=O) groups is 1. The van der Waals surface area contributed by atoms with E-state index in [1.54, 1.807) is 6.08 Å². The number of anilines is 1. The van der Waals surface area contributed by atoms with E-state index in [0.29, 0.717) is 24.2 Å². The van der Waals surface area contributed by atoms with Gasteiger partial charge in [-0.05, 0) is 18.6 Å². The van der Waals surface area contributed by atoms with Gasteiger partial charge in [0.25, 0.3) is 5.91 Å². The second kappa shape index (κ2) is 5.77. The second-order valence-electron chi connectivity index (χ2n) is 3.19. The zero-order valence-electron chi connectivity index (χ0n) is 8.59. The molecule has 0 aliphatic heterocycles. The summed E-state index contributed by atoms with van der Waals surface area (Å²) in [5.74, 6) is -0.230. The molecule has 5 heteroatoms. The maximum absolute atomic E-state index is 11.6. The van der Waals surface area contributed by atoms with Crippen LogP contribution in [0.15, 0.2) is 24.8 Å². The number of nitrogens with two attached hydrogens (primary N) is 1. The number of amides is 1. The first-order valence-corrected chi connectivity index (χ1v) is 5.45. The molecule has 1 amide bonds. The van der Waals surface area contributed by atoms with Crippen molar-refractivity contribution >= 4 is 34.8 Å². The summed E-state index contributed by atoms with van der Waals surface area (Å²) in [5.41, 5.74) is 6.30. The lowest BCUT2D eigenvalue weighted by atomic mass is 10.2. The van der Waals surface area contributed by atoms with Crippen LogP contribution in [-0.4, -0.2) is 12.5 Å². The average molecular weight is 259 g/mol. The molecule has 0 aromatic heterocycles. The van der Waals surface area contributed by atoms with Crippen molar-refractivity contribution in [2.45, 2.75) is 6.42 Å². The van der Waals surface area contributed by atoms with E-state index in [-0.39, 0.29) is 16.0 Å². The van der Waals surface area contributed by atoms with Gasteiger partial charge in [-0.15, -0.1) is 6.58 Å². The molecule has 0 bridgehead atoms. The predicted molar refractivity (Wildman–Crippen MR) is 68.0 cm³/mol. The van der Waals surface area contributed by atoms with Gasteiger partial charge in [-0.2, -0.15) is 0 Å². The molecule has 0 saturated carbocycles. The Morgan fingerprint density at radius 1 is 1.50 bits per heavy atom. The summed E-state index contributed by atoms with van der Waals surface area (Å²) in [6, 6.07) is 2.99. The monoisotopic (exact) mass is 258 g/mol. The number of benzene rings is 1. The summed E-state index contributed by atoms with van der Waals surface area (Å²) in [5, 5.41) is 3.25. The molecule has 86 valence electrons. The average Bonchev–Trinajstić information content (AvgIpc) is 2.25.